The van der Waals surface area contributed by atoms with Gasteiger partial charge in [0.15, 0.2) is 21.2 Å². The Morgan fingerprint density at radius 1 is 1.38 bits per heavy atom. The van der Waals surface area contributed by atoms with Crippen molar-refractivity contribution in [2.24, 2.45) is 0 Å². The van der Waals surface area contributed by atoms with E-state index >= 15 is 0 Å². The van der Waals surface area contributed by atoms with Crippen LogP contribution in [0.3, 0.4) is 0 Å². The summed E-state index contributed by atoms with van der Waals surface area (Å²) < 4.78 is 11.9. The molecule has 0 aliphatic heterocycles. The maximum atomic E-state index is 11.0. The fourth-order valence-electron chi connectivity index (χ4n) is 1.35. The van der Waals surface area contributed by atoms with Gasteiger partial charge in [-0.3, -0.25) is 8.05 Å². The summed E-state index contributed by atoms with van der Waals surface area (Å²) in [5.74, 6) is 0. The molecule has 0 aliphatic carbocycles. The first-order valence-electron chi connectivity index (χ1n) is 3.94. The van der Waals surface area contributed by atoms with Gasteiger partial charge in [-0.1, -0.05) is 6.07 Å². The summed E-state index contributed by atoms with van der Waals surface area (Å²) in [6.45, 7) is 2.01. The summed E-state index contributed by atoms with van der Waals surface area (Å²) in [6, 6.07) is 7.91. The lowest BCUT2D eigenvalue weighted by atomic mass is 10.1. The minimum Gasteiger partial charge on any atom is -0.265 e. The minimum absolute atomic E-state index is 0.885. The molecule has 0 atom stereocenters. The predicted octanol–water partition coefficient (Wildman–Crippen LogP) is 3.03. The molecule has 0 saturated carbocycles. The lowest BCUT2D eigenvalue weighted by Crippen LogP contribution is -1.84. The lowest BCUT2D eigenvalue weighted by Gasteiger charge is -2.00. The number of hydrogen-bond acceptors (Lipinski definition) is 2. The van der Waals surface area contributed by atoms with Crippen molar-refractivity contribution in [3.8, 4) is 0 Å². The molecule has 3 heteroatoms. The van der Waals surface area contributed by atoms with E-state index in [-0.39, 0.29) is 0 Å². The summed E-state index contributed by atoms with van der Waals surface area (Å²) in [5.41, 5.74) is 2.03. The highest BCUT2D eigenvalue weighted by Gasteiger charge is 2.02. The molecule has 66 valence electrons. The van der Waals surface area contributed by atoms with Crippen molar-refractivity contribution in [3.05, 3.63) is 39.6 Å². The Morgan fingerprint density at radius 3 is 3.00 bits per heavy atom. The third-order valence-electron chi connectivity index (χ3n) is 1.89. The number of aryl methyl sites for hydroxylation is 1. The second kappa shape index (κ2) is 3.49. The second-order valence-corrected chi connectivity index (χ2v) is 4.50. The van der Waals surface area contributed by atoms with E-state index in [0.717, 1.165) is 20.0 Å². The molecule has 0 radical (unpaired) electrons. The van der Waals surface area contributed by atoms with Gasteiger partial charge in [0.2, 0.25) is 0 Å². The minimum atomic E-state index is -1.12. The summed E-state index contributed by atoms with van der Waals surface area (Å²) in [7, 11) is 0. The maximum Gasteiger partial charge on any atom is 0.184 e. The van der Waals surface area contributed by atoms with Crippen molar-refractivity contribution in [3.63, 3.8) is 0 Å². The smallest absolute Gasteiger partial charge is 0.184 e. The summed E-state index contributed by atoms with van der Waals surface area (Å²) in [4.78, 5) is 4.22. The molecule has 0 bridgehead atoms. The molecular weight excluding hydrogens is 277 g/mol. The monoisotopic (exact) mass is 285 g/mol. The van der Waals surface area contributed by atoms with E-state index in [0.29, 0.717) is 0 Å². The fourth-order valence-corrected chi connectivity index (χ4v) is 2.63. The van der Waals surface area contributed by atoms with E-state index in [4.69, 9.17) is 0 Å². The van der Waals surface area contributed by atoms with Crippen LogP contribution in [0.25, 0.3) is 10.9 Å². The Hall–Kier alpha value is -0.840. The number of halogens is 1. The predicted molar refractivity (Wildman–Crippen MR) is 59.9 cm³/mol. The van der Waals surface area contributed by atoms with E-state index in [1.165, 1.54) is 0 Å². The van der Waals surface area contributed by atoms with Crippen LogP contribution in [0, 0.1) is 10.5 Å². The number of fused-ring (bicyclic) bond motifs is 1. The number of aromatic nitrogens is 1. The first kappa shape index (κ1) is 8.74. The Labute approximate surface area is 86.6 Å². The highest BCUT2D eigenvalue weighted by molar-refractivity contribution is 14.1. The number of pyridine rings is 1. The van der Waals surface area contributed by atoms with Crippen molar-refractivity contribution in [2.45, 2.75) is 6.92 Å². The zero-order chi connectivity index (χ0) is 9.26. The standard InChI is InChI=1S/C10H8INO/c1-7-5-8-3-2-4-12-10(8)9(6-7)11-13/h2-6H,1H3. The highest BCUT2D eigenvalue weighted by atomic mass is 127. The van der Waals surface area contributed by atoms with Crippen molar-refractivity contribution < 1.29 is 3.07 Å². The third kappa shape index (κ3) is 1.60. The average Bonchev–Trinajstić information content (AvgIpc) is 2.16. The Morgan fingerprint density at radius 2 is 2.23 bits per heavy atom. The van der Waals surface area contributed by atoms with Crippen LogP contribution in [0.15, 0.2) is 30.5 Å². The molecule has 1 aromatic carbocycles. The van der Waals surface area contributed by atoms with E-state index in [1.807, 2.05) is 25.1 Å². The van der Waals surface area contributed by atoms with Crippen LogP contribution in [0.4, 0.5) is 0 Å². The molecule has 1 aromatic heterocycles. The van der Waals surface area contributed by atoms with Crippen molar-refractivity contribution in [2.75, 3.05) is 0 Å². The second-order valence-electron chi connectivity index (χ2n) is 2.90. The van der Waals surface area contributed by atoms with Crippen LogP contribution in [0.2, 0.25) is 0 Å². The van der Waals surface area contributed by atoms with Crippen LogP contribution in [-0.2, 0) is 3.07 Å². The Bertz CT molecular complexity index is 467. The lowest BCUT2D eigenvalue weighted by molar-refractivity contribution is 0.648. The van der Waals surface area contributed by atoms with Crippen molar-refractivity contribution in [1.82, 2.24) is 4.98 Å². The molecule has 2 nitrogen and oxygen atoms in total. The normalized spacial score (nSPS) is 10.5. The molecule has 0 fully saturated rings. The number of hydrogen-bond donors (Lipinski definition) is 0. The topological polar surface area (TPSA) is 30.0 Å². The van der Waals surface area contributed by atoms with Gasteiger partial charge < -0.3 is 0 Å². The van der Waals surface area contributed by atoms with E-state index in [2.05, 4.69) is 11.1 Å². The molecule has 0 amide bonds. The molecular formula is C10H8INO. The van der Waals surface area contributed by atoms with Crippen LogP contribution in [0.1, 0.15) is 5.56 Å². The highest BCUT2D eigenvalue weighted by Crippen LogP contribution is 2.22. The Kier molecular flexibility index (Phi) is 2.35. The molecule has 0 saturated heterocycles. The number of benzene rings is 1. The molecule has 2 aromatic rings. The van der Waals surface area contributed by atoms with Gasteiger partial charge in [-0.2, -0.15) is 0 Å². The molecule has 0 aliphatic rings. The molecule has 13 heavy (non-hydrogen) atoms. The maximum absolute atomic E-state index is 11.0. The summed E-state index contributed by atoms with van der Waals surface area (Å²) in [6.07, 6.45) is 1.74. The van der Waals surface area contributed by atoms with Crippen LogP contribution >= 0.6 is 21.2 Å². The zero-order valence-electron chi connectivity index (χ0n) is 7.12. The van der Waals surface area contributed by atoms with Crippen LogP contribution in [0.5, 0.6) is 0 Å². The van der Waals surface area contributed by atoms with E-state index < -0.39 is 21.2 Å². The summed E-state index contributed by atoms with van der Waals surface area (Å²) >= 11 is -1.12. The molecule has 2 rings (SSSR count). The molecule has 0 spiro atoms. The van der Waals surface area contributed by atoms with Gasteiger partial charge >= 0.3 is 0 Å². The number of rotatable bonds is 1. The van der Waals surface area contributed by atoms with Crippen molar-refractivity contribution in [1.29, 1.82) is 0 Å². The fraction of sp³-hybridized carbons (Fsp3) is 0.100. The van der Waals surface area contributed by atoms with Crippen molar-refractivity contribution >= 4 is 32.1 Å². The number of nitrogens with zero attached hydrogens (tertiary/aromatic N) is 1. The summed E-state index contributed by atoms with van der Waals surface area (Å²) in [5, 5.41) is 1.08. The Balaban J connectivity index is 2.89. The SMILES string of the molecule is Cc1cc(I=O)c2ncccc2c1. The first-order chi connectivity index (χ1) is 6.31. The molecule has 1 heterocycles. The van der Waals surface area contributed by atoms with Crippen LogP contribution < -0.4 is 0 Å². The van der Waals surface area contributed by atoms with Gasteiger partial charge in [-0.05, 0) is 30.7 Å². The third-order valence-corrected chi connectivity index (χ3v) is 3.18. The van der Waals surface area contributed by atoms with E-state index in [1.54, 1.807) is 6.20 Å². The van der Waals surface area contributed by atoms with Crippen LogP contribution in [-0.4, -0.2) is 4.98 Å². The molecule has 0 N–H and O–H groups in total. The van der Waals surface area contributed by atoms with E-state index in [9.17, 15) is 3.07 Å². The zero-order valence-corrected chi connectivity index (χ0v) is 9.28. The van der Waals surface area contributed by atoms with Gasteiger partial charge in [0.25, 0.3) is 0 Å². The van der Waals surface area contributed by atoms with Gasteiger partial charge in [-0.25, -0.2) is 0 Å². The van der Waals surface area contributed by atoms with Gasteiger partial charge in [0, 0.05) is 11.6 Å². The average molecular weight is 285 g/mol. The van der Waals surface area contributed by atoms with Gasteiger partial charge in [0.1, 0.15) is 0 Å². The van der Waals surface area contributed by atoms with Gasteiger partial charge in [0.05, 0.1) is 9.09 Å². The largest absolute Gasteiger partial charge is 0.265 e. The quantitative estimate of drug-likeness (QED) is 0.754. The van der Waals surface area contributed by atoms with Gasteiger partial charge in [-0.15, -0.1) is 0 Å². The molecule has 0 unspecified atom stereocenters. The first-order valence-corrected chi connectivity index (χ1v) is 5.89.